The molecule has 134 valence electrons. The van der Waals surface area contributed by atoms with Crippen LogP contribution in [0.15, 0.2) is 60.9 Å². The number of unbranched alkanes of at least 4 members (excludes halogenated alkanes) is 1. The largest absolute Gasteiger partial charge is 0.366 e. The van der Waals surface area contributed by atoms with Gasteiger partial charge in [-0.2, -0.15) is 4.98 Å². The fraction of sp³-hybridized carbons (Fsp3) is 0.286. The van der Waals surface area contributed by atoms with Crippen molar-refractivity contribution in [3.63, 3.8) is 0 Å². The number of nitrogens with zero attached hydrogens (tertiary/aromatic N) is 4. The molecular weight excluding hydrogens is 322 g/mol. The summed E-state index contributed by atoms with van der Waals surface area (Å²) in [5, 5.41) is 3.40. The molecule has 1 aromatic carbocycles. The van der Waals surface area contributed by atoms with Crippen LogP contribution in [0.2, 0.25) is 0 Å². The number of anilines is 2. The minimum absolute atomic E-state index is 0.678. The van der Waals surface area contributed by atoms with Crippen LogP contribution in [0, 0.1) is 0 Å². The number of benzene rings is 1. The van der Waals surface area contributed by atoms with E-state index in [1.807, 2.05) is 49.6 Å². The Kier molecular flexibility index (Phi) is 6.14. The van der Waals surface area contributed by atoms with Gasteiger partial charge < -0.3 is 10.2 Å². The fourth-order valence-corrected chi connectivity index (χ4v) is 2.64. The zero-order chi connectivity index (χ0) is 18.2. The van der Waals surface area contributed by atoms with Crippen molar-refractivity contribution in [2.24, 2.45) is 0 Å². The summed E-state index contributed by atoms with van der Waals surface area (Å²) in [5.41, 5.74) is 3.13. The Bertz CT molecular complexity index is 805. The Labute approximate surface area is 155 Å². The molecule has 0 saturated carbocycles. The first kappa shape index (κ1) is 17.9. The Hall–Kier alpha value is -2.95. The van der Waals surface area contributed by atoms with Crippen LogP contribution in [0.25, 0.3) is 11.3 Å². The van der Waals surface area contributed by atoms with Crippen LogP contribution in [0.3, 0.4) is 0 Å². The van der Waals surface area contributed by atoms with Crippen LogP contribution >= 0.6 is 0 Å². The molecule has 0 spiro atoms. The van der Waals surface area contributed by atoms with Crippen molar-refractivity contribution in [2.45, 2.75) is 26.3 Å². The Morgan fingerprint density at radius 3 is 2.62 bits per heavy atom. The lowest BCUT2D eigenvalue weighted by Crippen LogP contribution is -2.21. The molecule has 0 bridgehead atoms. The maximum Gasteiger partial charge on any atom is 0.227 e. The topological polar surface area (TPSA) is 53.9 Å². The number of pyridine rings is 1. The maximum absolute atomic E-state index is 4.77. The van der Waals surface area contributed by atoms with Crippen LogP contribution in [0.4, 0.5) is 11.8 Å². The van der Waals surface area contributed by atoms with Crippen LogP contribution < -0.4 is 10.2 Å². The van der Waals surface area contributed by atoms with Crippen molar-refractivity contribution in [3.05, 3.63) is 66.5 Å². The first-order chi connectivity index (χ1) is 12.8. The van der Waals surface area contributed by atoms with E-state index in [0.717, 1.165) is 48.0 Å². The SMILES string of the molecule is CCCCN(C)c1nc(NCc2cccnc2)cc(-c2ccccc2)n1. The first-order valence-corrected chi connectivity index (χ1v) is 9.04. The van der Waals surface area contributed by atoms with Crippen molar-refractivity contribution in [1.29, 1.82) is 0 Å². The summed E-state index contributed by atoms with van der Waals surface area (Å²) < 4.78 is 0. The van der Waals surface area contributed by atoms with Gasteiger partial charge in [0, 0.05) is 44.2 Å². The van der Waals surface area contributed by atoms with E-state index in [1.165, 1.54) is 0 Å². The quantitative estimate of drug-likeness (QED) is 0.655. The normalized spacial score (nSPS) is 10.5. The summed E-state index contributed by atoms with van der Waals surface area (Å²) in [4.78, 5) is 15.8. The molecule has 5 nitrogen and oxygen atoms in total. The van der Waals surface area contributed by atoms with E-state index in [1.54, 1.807) is 6.20 Å². The molecular formula is C21H25N5. The third-order valence-electron chi connectivity index (χ3n) is 4.17. The van der Waals surface area contributed by atoms with Crippen LogP contribution in [0.5, 0.6) is 0 Å². The summed E-state index contributed by atoms with van der Waals surface area (Å²) in [6.07, 6.45) is 5.91. The van der Waals surface area contributed by atoms with Gasteiger partial charge in [-0.05, 0) is 18.1 Å². The average molecular weight is 347 g/mol. The molecule has 5 heteroatoms. The molecule has 0 radical (unpaired) electrons. The van der Waals surface area contributed by atoms with E-state index in [2.05, 4.69) is 34.3 Å². The van der Waals surface area contributed by atoms with Crippen LogP contribution in [0.1, 0.15) is 25.3 Å². The van der Waals surface area contributed by atoms with Gasteiger partial charge in [0.2, 0.25) is 5.95 Å². The lowest BCUT2D eigenvalue weighted by atomic mass is 10.1. The summed E-state index contributed by atoms with van der Waals surface area (Å²) in [6, 6.07) is 16.2. The van der Waals surface area contributed by atoms with Crippen molar-refractivity contribution in [3.8, 4) is 11.3 Å². The van der Waals surface area contributed by atoms with E-state index in [4.69, 9.17) is 9.97 Å². The van der Waals surface area contributed by atoms with Crippen molar-refractivity contribution >= 4 is 11.8 Å². The van der Waals surface area contributed by atoms with Gasteiger partial charge in [-0.3, -0.25) is 4.98 Å². The predicted octanol–water partition coefficient (Wildman–Crippen LogP) is 4.39. The number of rotatable bonds is 8. The molecule has 0 fully saturated rings. The highest BCUT2D eigenvalue weighted by Crippen LogP contribution is 2.23. The van der Waals surface area contributed by atoms with Crippen molar-refractivity contribution in [1.82, 2.24) is 15.0 Å². The van der Waals surface area contributed by atoms with E-state index < -0.39 is 0 Å². The second kappa shape index (κ2) is 8.94. The van der Waals surface area contributed by atoms with Crippen molar-refractivity contribution in [2.75, 3.05) is 23.8 Å². The standard InChI is InChI=1S/C21H25N5/c1-3-4-13-26(2)21-24-19(18-10-6-5-7-11-18)14-20(25-21)23-16-17-9-8-12-22-15-17/h5-12,14-15H,3-4,13,16H2,1-2H3,(H,23,24,25). The van der Waals surface area contributed by atoms with Crippen LogP contribution in [-0.4, -0.2) is 28.5 Å². The minimum Gasteiger partial charge on any atom is -0.366 e. The molecule has 0 amide bonds. The lowest BCUT2D eigenvalue weighted by Gasteiger charge is -2.19. The molecule has 0 aliphatic heterocycles. The highest BCUT2D eigenvalue weighted by Gasteiger charge is 2.10. The van der Waals surface area contributed by atoms with Gasteiger partial charge in [0.15, 0.2) is 0 Å². The molecule has 3 rings (SSSR count). The highest BCUT2D eigenvalue weighted by atomic mass is 15.2. The smallest absolute Gasteiger partial charge is 0.227 e. The Morgan fingerprint density at radius 2 is 1.88 bits per heavy atom. The van der Waals surface area contributed by atoms with Gasteiger partial charge in [-0.1, -0.05) is 49.7 Å². The second-order valence-corrected chi connectivity index (χ2v) is 6.29. The zero-order valence-electron chi connectivity index (χ0n) is 15.4. The molecule has 2 heterocycles. The van der Waals surface area contributed by atoms with Gasteiger partial charge in [0.1, 0.15) is 5.82 Å². The number of hydrogen-bond donors (Lipinski definition) is 1. The predicted molar refractivity (Wildman–Crippen MR) is 107 cm³/mol. The van der Waals surface area contributed by atoms with E-state index in [9.17, 15) is 0 Å². The molecule has 0 aliphatic rings. The summed E-state index contributed by atoms with van der Waals surface area (Å²) in [7, 11) is 2.05. The molecule has 26 heavy (non-hydrogen) atoms. The Balaban J connectivity index is 1.87. The van der Waals surface area contributed by atoms with E-state index >= 15 is 0 Å². The minimum atomic E-state index is 0.678. The molecule has 2 aromatic heterocycles. The van der Waals surface area contributed by atoms with Gasteiger partial charge in [0.05, 0.1) is 5.69 Å². The molecule has 1 N–H and O–H groups in total. The Morgan fingerprint density at radius 1 is 1.04 bits per heavy atom. The molecule has 0 aliphatic carbocycles. The van der Waals surface area contributed by atoms with Crippen molar-refractivity contribution < 1.29 is 0 Å². The number of hydrogen-bond acceptors (Lipinski definition) is 5. The molecule has 0 unspecified atom stereocenters. The molecule has 3 aromatic rings. The summed E-state index contributed by atoms with van der Waals surface area (Å²) >= 11 is 0. The average Bonchev–Trinajstić information content (AvgIpc) is 2.71. The third kappa shape index (κ3) is 4.79. The van der Waals surface area contributed by atoms with Gasteiger partial charge in [-0.15, -0.1) is 0 Å². The lowest BCUT2D eigenvalue weighted by molar-refractivity contribution is 0.750. The fourth-order valence-electron chi connectivity index (χ4n) is 2.64. The summed E-state index contributed by atoms with van der Waals surface area (Å²) in [6.45, 7) is 3.81. The number of nitrogens with one attached hydrogen (secondary N) is 1. The van der Waals surface area contributed by atoms with Gasteiger partial charge in [0.25, 0.3) is 0 Å². The monoisotopic (exact) mass is 347 g/mol. The zero-order valence-corrected chi connectivity index (χ0v) is 15.4. The molecule has 0 saturated heterocycles. The van der Waals surface area contributed by atoms with Gasteiger partial charge >= 0.3 is 0 Å². The number of aromatic nitrogens is 3. The van der Waals surface area contributed by atoms with Gasteiger partial charge in [-0.25, -0.2) is 4.98 Å². The van der Waals surface area contributed by atoms with Crippen LogP contribution in [-0.2, 0) is 6.54 Å². The van der Waals surface area contributed by atoms with E-state index in [0.29, 0.717) is 6.54 Å². The highest BCUT2D eigenvalue weighted by molar-refractivity contribution is 5.64. The summed E-state index contributed by atoms with van der Waals surface area (Å²) in [5.74, 6) is 1.56. The first-order valence-electron chi connectivity index (χ1n) is 9.04. The molecule has 0 atom stereocenters. The third-order valence-corrected chi connectivity index (χ3v) is 4.17. The second-order valence-electron chi connectivity index (χ2n) is 6.29. The maximum atomic E-state index is 4.77. The van der Waals surface area contributed by atoms with E-state index in [-0.39, 0.29) is 0 Å².